The number of esters is 3. The molecule has 264 valence electrons. The molecule has 0 aliphatic carbocycles. The second kappa shape index (κ2) is 16.9. The van der Waals surface area contributed by atoms with Gasteiger partial charge in [0.15, 0.2) is 36.1 Å². The number of amidine groups is 2. The van der Waals surface area contributed by atoms with Gasteiger partial charge in [-0.25, -0.2) is 9.97 Å². The molecule has 0 aromatic carbocycles. The normalized spacial score (nSPS) is 25.9. The van der Waals surface area contributed by atoms with E-state index in [0.29, 0.717) is 0 Å². The van der Waals surface area contributed by atoms with E-state index in [4.69, 9.17) is 51.1 Å². The molecule has 0 radical (unpaired) electrons. The summed E-state index contributed by atoms with van der Waals surface area (Å²) in [5.41, 5.74) is 8.47. The minimum absolute atomic E-state index is 0. The predicted molar refractivity (Wildman–Crippen MR) is 161 cm³/mol. The molecule has 8 atom stereocenters. The van der Waals surface area contributed by atoms with Crippen molar-refractivity contribution in [3.63, 3.8) is 0 Å². The Morgan fingerprint density at radius 3 is 1.69 bits per heavy atom. The van der Waals surface area contributed by atoms with Crippen LogP contribution in [0.15, 0.2) is 34.4 Å². The molecule has 21 nitrogen and oxygen atoms in total. The lowest BCUT2D eigenvalue weighted by Gasteiger charge is -2.24. The third-order valence-corrected chi connectivity index (χ3v) is 6.65. The molecule has 2 aliphatic rings. The summed E-state index contributed by atoms with van der Waals surface area (Å²) < 4.78 is 28.3. The van der Waals surface area contributed by atoms with Crippen molar-refractivity contribution in [2.24, 2.45) is 11.5 Å². The lowest BCUT2D eigenvalue weighted by atomic mass is 10.1. The molecule has 2 aromatic rings. The van der Waals surface area contributed by atoms with Gasteiger partial charge in [-0.2, -0.15) is 0 Å². The first kappa shape index (κ1) is 39.4. The van der Waals surface area contributed by atoms with Gasteiger partial charge in [0.2, 0.25) is 0 Å². The fraction of sp³-hybridized carbons (Fsp3) is 0.500. The number of carbonyl (C=O) groups excluding carboxylic acids is 3. The number of hydrogen-bond acceptors (Lipinski definition) is 17. The number of nitrogens with two attached hydrogens (primary N) is 2. The maximum absolute atomic E-state index is 12.6. The summed E-state index contributed by atoms with van der Waals surface area (Å²) in [5, 5.41) is 43.1. The van der Waals surface area contributed by atoms with Gasteiger partial charge in [-0.15, -0.1) is 12.4 Å². The van der Waals surface area contributed by atoms with Crippen LogP contribution in [0, 0.1) is 10.8 Å². The molecule has 2 aliphatic heterocycles. The fourth-order valence-electron chi connectivity index (χ4n) is 4.65. The first-order valence-corrected chi connectivity index (χ1v) is 13.7. The molecule has 22 heteroatoms. The number of ether oxygens (including phenoxy) is 5. The molecule has 0 amide bonds. The topological polar surface area (TPSA) is 328 Å². The van der Waals surface area contributed by atoms with E-state index in [1.807, 2.05) is 0 Å². The van der Waals surface area contributed by atoms with Crippen molar-refractivity contribution >= 4 is 42.0 Å². The Balaban J connectivity index is 0.000000349. The van der Waals surface area contributed by atoms with E-state index in [1.54, 1.807) is 0 Å². The van der Waals surface area contributed by atoms with Crippen molar-refractivity contribution in [2.45, 2.75) is 69.9 Å². The van der Waals surface area contributed by atoms with E-state index >= 15 is 0 Å². The molecule has 0 saturated carbocycles. The van der Waals surface area contributed by atoms with Crippen molar-refractivity contribution in [1.82, 2.24) is 19.1 Å². The lowest BCUT2D eigenvalue weighted by Crippen LogP contribution is -2.42. The SMILES string of the molecule is CC(=O)OC[C@H]1O[C@@H](n2ccnc(C(=N)N)c2=O)C(OC(C)=O)[C@@H]1OC(C)=O.Cl.N=C(N)c1nccn([C@@H]2O[C@H](CO)[C@@H](O)[C@H]2O)c1=O. The van der Waals surface area contributed by atoms with E-state index in [0.717, 1.165) is 23.0 Å². The van der Waals surface area contributed by atoms with Crippen molar-refractivity contribution in [3.8, 4) is 0 Å². The number of hydrogen-bond donors (Lipinski definition) is 7. The highest BCUT2D eigenvalue weighted by Gasteiger charge is 2.51. The van der Waals surface area contributed by atoms with Crippen LogP contribution in [-0.4, -0.2) is 114 Å². The Morgan fingerprint density at radius 2 is 1.27 bits per heavy atom. The van der Waals surface area contributed by atoms with Crippen LogP contribution in [0.25, 0.3) is 0 Å². The first-order valence-electron chi connectivity index (χ1n) is 13.7. The van der Waals surface area contributed by atoms with Gasteiger partial charge in [0.25, 0.3) is 11.1 Å². The standard InChI is InChI=1S/C16H20N4O8.C10H14N4O5.ClH/c1-7(21)25-6-10-12(26-8(2)22)13(27-9(3)23)16(28-10)20-5-4-19-11(14(17)18)15(20)24;11-8(12)5-9(18)14(2-1-13-5)10-7(17)6(16)4(3-15)19-10;/h4-5,10,12-13,16H,6H2,1-3H3,(H3,17,18);1-2,4,6-7,10,15-17H,3H2,(H3,11,12);1H/t10-,12-,13?,16-;4-,6-,7-,10-;/m11./s1. The quantitative estimate of drug-likeness (QED) is 0.0574. The smallest absolute Gasteiger partial charge is 0.303 e. The molecular formula is C26H35ClN8O13. The van der Waals surface area contributed by atoms with E-state index < -0.39 is 96.4 Å². The van der Waals surface area contributed by atoms with Crippen LogP contribution in [0.3, 0.4) is 0 Å². The van der Waals surface area contributed by atoms with Crippen molar-refractivity contribution in [3.05, 3.63) is 56.9 Å². The number of rotatable bonds is 9. The molecule has 4 heterocycles. The molecule has 2 fully saturated rings. The summed E-state index contributed by atoms with van der Waals surface area (Å²) >= 11 is 0. The number of halogens is 1. The second-order valence-corrected chi connectivity index (χ2v) is 10.0. The summed E-state index contributed by atoms with van der Waals surface area (Å²) in [5.74, 6) is -3.07. The number of aromatic nitrogens is 4. The number of aliphatic hydroxyl groups excluding tert-OH is 3. The molecule has 0 spiro atoms. The average Bonchev–Trinajstić information content (AvgIpc) is 3.46. The number of nitrogen functional groups attached to an aromatic ring is 2. The van der Waals surface area contributed by atoms with Crippen LogP contribution in [0.5, 0.6) is 0 Å². The Bertz CT molecular complexity index is 1640. The number of nitrogens with one attached hydrogen (secondary N) is 2. The molecule has 0 bridgehead atoms. The minimum atomic E-state index is -1.38. The van der Waals surface area contributed by atoms with Gasteiger partial charge in [0.05, 0.1) is 6.61 Å². The largest absolute Gasteiger partial charge is 0.463 e. The molecule has 2 aromatic heterocycles. The van der Waals surface area contributed by atoms with Crippen LogP contribution < -0.4 is 22.6 Å². The maximum Gasteiger partial charge on any atom is 0.303 e. The zero-order chi connectivity index (χ0) is 35.2. The number of nitrogens with zero attached hydrogens (tertiary/aromatic N) is 4. The van der Waals surface area contributed by atoms with Crippen molar-refractivity contribution in [2.75, 3.05) is 13.2 Å². The highest BCUT2D eigenvalue weighted by molar-refractivity contribution is 5.93. The summed E-state index contributed by atoms with van der Waals surface area (Å²) in [4.78, 5) is 66.2. The van der Waals surface area contributed by atoms with Crippen LogP contribution >= 0.6 is 12.4 Å². The molecule has 1 unspecified atom stereocenters. The van der Waals surface area contributed by atoms with E-state index in [2.05, 4.69) is 9.97 Å². The monoisotopic (exact) mass is 702 g/mol. The Kier molecular flexibility index (Phi) is 13.8. The van der Waals surface area contributed by atoms with E-state index in [9.17, 15) is 34.2 Å². The second-order valence-electron chi connectivity index (χ2n) is 10.0. The minimum Gasteiger partial charge on any atom is -0.463 e. The summed E-state index contributed by atoms with van der Waals surface area (Å²) in [7, 11) is 0. The maximum atomic E-state index is 12.6. The molecule has 9 N–H and O–H groups in total. The van der Waals surface area contributed by atoms with Crippen LogP contribution in [0.2, 0.25) is 0 Å². The summed E-state index contributed by atoms with van der Waals surface area (Å²) in [6, 6.07) is 0. The third kappa shape index (κ3) is 8.96. The van der Waals surface area contributed by atoms with Gasteiger partial charge >= 0.3 is 17.9 Å². The number of aliphatic hydroxyl groups is 3. The summed E-state index contributed by atoms with van der Waals surface area (Å²) in [6.07, 6.45) is -4.52. The Morgan fingerprint density at radius 1 is 0.812 bits per heavy atom. The van der Waals surface area contributed by atoms with Gasteiger partial charge in [-0.3, -0.25) is 43.9 Å². The molecule has 48 heavy (non-hydrogen) atoms. The first-order chi connectivity index (χ1) is 22.1. The molecule has 2 saturated heterocycles. The van der Waals surface area contributed by atoms with Crippen LogP contribution in [-0.2, 0) is 38.1 Å². The number of carbonyl (C=O) groups is 3. The van der Waals surface area contributed by atoms with E-state index in [-0.39, 0.29) is 30.4 Å². The van der Waals surface area contributed by atoms with Crippen molar-refractivity contribution in [1.29, 1.82) is 10.8 Å². The summed E-state index contributed by atoms with van der Waals surface area (Å²) in [6.45, 7) is 2.67. The van der Waals surface area contributed by atoms with Gasteiger partial charge in [-0.05, 0) is 0 Å². The predicted octanol–water partition coefficient (Wildman–Crippen LogP) is -3.59. The van der Waals surface area contributed by atoms with Crippen LogP contribution in [0.1, 0.15) is 44.6 Å². The highest BCUT2D eigenvalue weighted by Crippen LogP contribution is 2.33. The molecule has 4 rings (SSSR count). The van der Waals surface area contributed by atoms with Gasteiger partial charge in [0, 0.05) is 45.6 Å². The van der Waals surface area contributed by atoms with Crippen LogP contribution in [0.4, 0.5) is 0 Å². The van der Waals surface area contributed by atoms with Crippen molar-refractivity contribution < 1.29 is 53.4 Å². The Hall–Kier alpha value is -4.80. The van der Waals surface area contributed by atoms with Gasteiger partial charge in [0.1, 0.15) is 42.7 Å². The molecular weight excluding hydrogens is 668 g/mol. The lowest BCUT2D eigenvalue weighted by molar-refractivity contribution is -0.166. The zero-order valence-electron chi connectivity index (χ0n) is 25.6. The fourth-order valence-corrected chi connectivity index (χ4v) is 4.65. The zero-order valence-corrected chi connectivity index (χ0v) is 26.4. The Labute approximate surface area is 276 Å². The van der Waals surface area contributed by atoms with Gasteiger partial charge in [-0.1, -0.05) is 0 Å². The van der Waals surface area contributed by atoms with E-state index in [1.165, 1.54) is 31.7 Å². The van der Waals surface area contributed by atoms with Gasteiger partial charge < -0.3 is 50.5 Å². The average molecular weight is 703 g/mol. The third-order valence-electron chi connectivity index (χ3n) is 6.65. The highest BCUT2D eigenvalue weighted by atomic mass is 35.5.